The number of hydrogen-bond donors (Lipinski definition) is 1. The van der Waals surface area contributed by atoms with Gasteiger partial charge in [-0.05, 0) is 44.5 Å². The lowest BCUT2D eigenvalue weighted by molar-refractivity contribution is -0.384. The molecule has 1 aromatic carbocycles. The first-order chi connectivity index (χ1) is 11.1. The van der Waals surface area contributed by atoms with Crippen molar-refractivity contribution in [1.82, 2.24) is 10.2 Å². The summed E-state index contributed by atoms with van der Waals surface area (Å²) in [7, 11) is 0. The van der Waals surface area contributed by atoms with Crippen LogP contribution in [0.4, 0.5) is 5.69 Å². The molecule has 7 nitrogen and oxygen atoms in total. The standard InChI is InChI=1S/C16H23N3O4.ClH/c1-2-11-18(13-7-9-17-10-8-13)16(20)12-23-15-5-3-14(4-6-15)19(21)22;/h3-6,13,17H,2,7-12H2,1H3;1H. The average molecular weight is 358 g/mol. The number of nitrogens with zero attached hydrogens (tertiary/aromatic N) is 2. The number of non-ortho nitro benzene ring substituents is 1. The molecule has 1 saturated heterocycles. The van der Waals surface area contributed by atoms with Crippen LogP contribution in [-0.2, 0) is 4.79 Å². The van der Waals surface area contributed by atoms with Gasteiger partial charge < -0.3 is 15.0 Å². The predicted octanol–water partition coefficient (Wildman–Crippen LogP) is 2.39. The quantitative estimate of drug-likeness (QED) is 0.598. The fourth-order valence-corrected chi connectivity index (χ4v) is 2.76. The molecule has 0 saturated carbocycles. The van der Waals surface area contributed by atoms with E-state index in [1.165, 1.54) is 24.3 Å². The Labute approximate surface area is 147 Å². The number of amides is 1. The highest BCUT2D eigenvalue weighted by Crippen LogP contribution is 2.18. The zero-order valence-electron chi connectivity index (χ0n) is 13.8. The molecule has 1 aromatic rings. The van der Waals surface area contributed by atoms with E-state index in [2.05, 4.69) is 12.2 Å². The minimum Gasteiger partial charge on any atom is -0.484 e. The highest BCUT2D eigenvalue weighted by molar-refractivity contribution is 5.85. The van der Waals surface area contributed by atoms with E-state index in [4.69, 9.17) is 4.74 Å². The maximum absolute atomic E-state index is 12.5. The van der Waals surface area contributed by atoms with Crippen LogP contribution in [0.25, 0.3) is 0 Å². The van der Waals surface area contributed by atoms with Crippen LogP contribution in [0.1, 0.15) is 26.2 Å². The Balaban J connectivity index is 0.00000288. The van der Waals surface area contributed by atoms with Crippen LogP contribution in [0, 0.1) is 10.1 Å². The van der Waals surface area contributed by atoms with Crippen LogP contribution in [-0.4, -0.2) is 48.0 Å². The summed E-state index contributed by atoms with van der Waals surface area (Å²) in [6.07, 6.45) is 2.83. The fraction of sp³-hybridized carbons (Fsp3) is 0.562. The Morgan fingerprint density at radius 2 is 1.96 bits per heavy atom. The van der Waals surface area contributed by atoms with Gasteiger partial charge in [-0.2, -0.15) is 0 Å². The summed E-state index contributed by atoms with van der Waals surface area (Å²) < 4.78 is 5.49. The first-order valence-corrected chi connectivity index (χ1v) is 7.99. The van der Waals surface area contributed by atoms with E-state index < -0.39 is 4.92 Å². The Morgan fingerprint density at radius 1 is 1.33 bits per heavy atom. The lowest BCUT2D eigenvalue weighted by Gasteiger charge is -2.34. The van der Waals surface area contributed by atoms with Gasteiger partial charge in [0, 0.05) is 24.7 Å². The topological polar surface area (TPSA) is 84.7 Å². The van der Waals surface area contributed by atoms with E-state index >= 15 is 0 Å². The first kappa shape index (κ1) is 20.2. The fourth-order valence-electron chi connectivity index (χ4n) is 2.76. The molecule has 134 valence electrons. The van der Waals surface area contributed by atoms with E-state index in [1.54, 1.807) is 0 Å². The normalized spacial score (nSPS) is 14.5. The number of ether oxygens (including phenoxy) is 1. The molecule has 1 aliphatic rings. The van der Waals surface area contributed by atoms with Crippen LogP contribution in [0.2, 0.25) is 0 Å². The molecule has 2 rings (SSSR count). The summed E-state index contributed by atoms with van der Waals surface area (Å²) in [5, 5.41) is 13.9. The minimum absolute atomic E-state index is 0. The maximum Gasteiger partial charge on any atom is 0.269 e. The molecule has 0 aromatic heterocycles. The smallest absolute Gasteiger partial charge is 0.269 e. The zero-order valence-corrected chi connectivity index (χ0v) is 14.6. The van der Waals surface area contributed by atoms with Crippen molar-refractivity contribution >= 4 is 24.0 Å². The number of halogens is 1. The Kier molecular flexibility index (Phi) is 8.49. The molecule has 24 heavy (non-hydrogen) atoms. The minimum atomic E-state index is -0.463. The van der Waals surface area contributed by atoms with Gasteiger partial charge in [0.2, 0.25) is 0 Å². The monoisotopic (exact) mass is 357 g/mol. The van der Waals surface area contributed by atoms with Crippen molar-refractivity contribution in [3.05, 3.63) is 34.4 Å². The van der Waals surface area contributed by atoms with E-state index in [-0.39, 0.29) is 36.7 Å². The molecule has 0 atom stereocenters. The lowest BCUT2D eigenvalue weighted by Crippen LogP contribution is -2.48. The van der Waals surface area contributed by atoms with E-state index in [0.717, 1.165) is 38.9 Å². The third-order valence-corrected chi connectivity index (χ3v) is 3.94. The van der Waals surface area contributed by atoms with Crippen molar-refractivity contribution in [2.24, 2.45) is 0 Å². The molecule has 0 spiro atoms. The summed E-state index contributed by atoms with van der Waals surface area (Å²) in [5.41, 5.74) is 0.00555. The molecule has 1 fully saturated rings. The molecule has 1 aliphatic heterocycles. The lowest BCUT2D eigenvalue weighted by atomic mass is 10.0. The number of carbonyl (C=O) groups excluding carboxylic acids is 1. The summed E-state index contributed by atoms with van der Waals surface area (Å²) in [6, 6.07) is 6.04. The molecule has 1 amide bonds. The Morgan fingerprint density at radius 3 is 2.50 bits per heavy atom. The third-order valence-electron chi connectivity index (χ3n) is 3.94. The molecule has 0 radical (unpaired) electrons. The van der Waals surface area contributed by atoms with Crippen molar-refractivity contribution in [1.29, 1.82) is 0 Å². The van der Waals surface area contributed by atoms with Gasteiger partial charge in [-0.1, -0.05) is 6.92 Å². The van der Waals surface area contributed by atoms with Crippen molar-refractivity contribution < 1.29 is 14.5 Å². The van der Waals surface area contributed by atoms with Crippen LogP contribution in [0.5, 0.6) is 5.75 Å². The largest absolute Gasteiger partial charge is 0.484 e. The molecular formula is C16H24ClN3O4. The Hall–Kier alpha value is -1.86. The summed E-state index contributed by atoms with van der Waals surface area (Å²) >= 11 is 0. The van der Waals surface area contributed by atoms with Gasteiger partial charge in [0.05, 0.1) is 4.92 Å². The molecular weight excluding hydrogens is 334 g/mol. The Bertz CT molecular complexity index is 533. The van der Waals surface area contributed by atoms with E-state index in [9.17, 15) is 14.9 Å². The number of carbonyl (C=O) groups is 1. The van der Waals surface area contributed by atoms with E-state index in [0.29, 0.717) is 5.75 Å². The van der Waals surface area contributed by atoms with Crippen molar-refractivity contribution in [2.45, 2.75) is 32.2 Å². The highest BCUT2D eigenvalue weighted by Gasteiger charge is 2.24. The van der Waals surface area contributed by atoms with Crippen molar-refractivity contribution in [2.75, 3.05) is 26.2 Å². The van der Waals surface area contributed by atoms with E-state index in [1.807, 2.05) is 4.90 Å². The second-order valence-corrected chi connectivity index (χ2v) is 5.61. The average Bonchev–Trinajstić information content (AvgIpc) is 2.58. The van der Waals surface area contributed by atoms with Crippen LogP contribution >= 0.6 is 12.4 Å². The van der Waals surface area contributed by atoms with Gasteiger partial charge in [0.25, 0.3) is 11.6 Å². The van der Waals surface area contributed by atoms with Gasteiger partial charge in [0.15, 0.2) is 6.61 Å². The van der Waals surface area contributed by atoms with Gasteiger partial charge >= 0.3 is 0 Å². The van der Waals surface area contributed by atoms with Gasteiger partial charge in [-0.15, -0.1) is 12.4 Å². The summed E-state index contributed by atoms with van der Waals surface area (Å²) in [6.45, 7) is 4.61. The number of nitro groups is 1. The zero-order chi connectivity index (χ0) is 16.7. The SMILES string of the molecule is CCCN(C(=O)COc1ccc([N+](=O)[O-])cc1)C1CCNCC1.Cl. The molecule has 8 heteroatoms. The summed E-state index contributed by atoms with van der Waals surface area (Å²) in [5.74, 6) is 0.433. The number of hydrogen-bond acceptors (Lipinski definition) is 5. The number of rotatable bonds is 7. The van der Waals surface area contributed by atoms with Crippen LogP contribution in [0.15, 0.2) is 24.3 Å². The first-order valence-electron chi connectivity index (χ1n) is 7.99. The molecule has 1 heterocycles. The molecule has 1 N–H and O–H groups in total. The number of benzene rings is 1. The van der Waals surface area contributed by atoms with Crippen molar-refractivity contribution in [3.8, 4) is 5.75 Å². The second-order valence-electron chi connectivity index (χ2n) is 5.61. The highest BCUT2D eigenvalue weighted by atomic mass is 35.5. The number of nitro benzene ring substituents is 1. The number of nitrogens with one attached hydrogen (secondary N) is 1. The maximum atomic E-state index is 12.5. The number of piperidine rings is 1. The second kappa shape index (κ2) is 10.1. The van der Waals surface area contributed by atoms with Crippen LogP contribution < -0.4 is 10.1 Å². The van der Waals surface area contributed by atoms with Gasteiger partial charge in [-0.25, -0.2) is 0 Å². The molecule has 0 unspecified atom stereocenters. The van der Waals surface area contributed by atoms with Gasteiger partial charge in [-0.3, -0.25) is 14.9 Å². The predicted molar refractivity (Wildman–Crippen MR) is 93.7 cm³/mol. The van der Waals surface area contributed by atoms with Crippen LogP contribution in [0.3, 0.4) is 0 Å². The molecule has 0 aliphatic carbocycles. The third kappa shape index (κ3) is 5.65. The van der Waals surface area contributed by atoms with Gasteiger partial charge in [0.1, 0.15) is 5.75 Å². The molecule has 0 bridgehead atoms. The summed E-state index contributed by atoms with van der Waals surface area (Å²) in [4.78, 5) is 24.5. The van der Waals surface area contributed by atoms with Crippen molar-refractivity contribution in [3.63, 3.8) is 0 Å².